The van der Waals surface area contributed by atoms with Crippen LogP contribution in [-0.4, -0.2) is 0 Å². The number of nitrogens with zero attached hydrogens (tertiary/aromatic N) is 2. The van der Waals surface area contributed by atoms with Crippen molar-refractivity contribution in [2.75, 3.05) is 9.80 Å². The molecule has 0 heterocycles. The third-order valence-electron chi connectivity index (χ3n) is 22.8. The van der Waals surface area contributed by atoms with Gasteiger partial charge in [-0.1, -0.05) is 267 Å². The lowest BCUT2D eigenvalue weighted by Crippen LogP contribution is -2.20. The molecule has 0 saturated carbocycles. The van der Waals surface area contributed by atoms with Crippen molar-refractivity contribution in [2.24, 2.45) is 0 Å². The molecule has 0 amide bonds. The molecule has 4 aliphatic rings. The van der Waals surface area contributed by atoms with E-state index in [-0.39, 0.29) is 32.5 Å². The van der Waals surface area contributed by atoms with Crippen molar-refractivity contribution >= 4 is 55.7 Å². The molecular weight excluding hydrogens is 1160 g/mol. The van der Waals surface area contributed by atoms with Gasteiger partial charge in [-0.15, -0.1) is 0 Å². The van der Waals surface area contributed by atoms with Gasteiger partial charge in [0.2, 0.25) is 0 Å². The largest absolute Gasteiger partial charge is 0.310 e. The van der Waals surface area contributed by atoms with E-state index in [9.17, 15) is 0 Å². The van der Waals surface area contributed by atoms with Crippen molar-refractivity contribution < 1.29 is 0 Å². The molecule has 0 aliphatic heterocycles. The number of rotatable bonds is 8. The fourth-order valence-corrected chi connectivity index (χ4v) is 18.0. The molecule has 0 unspecified atom stereocenters. The summed E-state index contributed by atoms with van der Waals surface area (Å²) in [7, 11) is 0. The highest BCUT2D eigenvalue weighted by Crippen LogP contribution is 2.58. The number of anilines is 6. The first-order chi connectivity index (χ1) is 45.9. The molecule has 0 fully saturated rings. The highest BCUT2D eigenvalue weighted by molar-refractivity contribution is 6.10. The fraction of sp³-hybridized carbons (Fsp3) is 0.213. The second-order valence-corrected chi connectivity index (χ2v) is 32.1. The molecule has 0 atom stereocenters. The first-order valence-corrected chi connectivity index (χ1v) is 34.7. The molecule has 0 aromatic heterocycles. The van der Waals surface area contributed by atoms with Crippen molar-refractivity contribution in [3.63, 3.8) is 0 Å². The van der Waals surface area contributed by atoms with E-state index in [1.165, 1.54) is 144 Å². The first-order valence-electron chi connectivity index (χ1n) is 34.7. The van der Waals surface area contributed by atoms with Crippen LogP contribution in [0.2, 0.25) is 0 Å². The topological polar surface area (TPSA) is 6.48 Å². The lowest BCUT2D eigenvalue weighted by Gasteiger charge is -2.34. The van der Waals surface area contributed by atoms with E-state index >= 15 is 0 Å². The lowest BCUT2D eigenvalue weighted by molar-refractivity contribution is 0.593. The molecule has 17 rings (SSSR count). The van der Waals surface area contributed by atoms with Crippen LogP contribution in [0.15, 0.2) is 255 Å². The van der Waals surface area contributed by atoms with E-state index in [1.54, 1.807) is 0 Å². The number of hydrogen-bond donors (Lipinski definition) is 0. The van der Waals surface area contributed by atoms with Gasteiger partial charge in [0, 0.05) is 55.8 Å². The Labute approximate surface area is 568 Å². The Kier molecular flexibility index (Phi) is 12.9. The SMILES string of the molecule is CC(C)(C)c1c2ccc(N(c3ccc4c(c3)C(C)(C)c3ccccc3-4)c3ccc4c(c3)C(C)(C)c3cc(-c5ccccc5)ccc3-4)cc2c(C(C)(C)C)c2ccc(N(c3ccc4c(c3)C(C)(C)c3ccccc3-4)c3ccc4c(c3)C(C)(C)c3cc(-c5ccccc5)ccc3-4)cc12. The predicted molar refractivity (Wildman–Crippen MR) is 409 cm³/mol. The van der Waals surface area contributed by atoms with Crippen LogP contribution in [0.1, 0.15) is 153 Å². The van der Waals surface area contributed by atoms with Crippen LogP contribution in [0, 0.1) is 0 Å². The third kappa shape index (κ3) is 8.82. The van der Waals surface area contributed by atoms with Gasteiger partial charge in [0.1, 0.15) is 0 Å². The summed E-state index contributed by atoms with van der Waals surface area (Å²) in [6.45, 7) is 33.8. The third-order valence-corrected chi connectivity index (χ3v) is 22.8. The van der Waals surface area contributed by atoms with Gasteiger partial charge in [-0.25, -0.2) is 0 Å². The Morgan fingerprint density at radius 3 is 0.781 bits per heavy atom. The van der Waals surface area contributed by atoms with Crippen LogP contribution in [0.25, 0.3) is 88.3 Å². The fourth-order valence-electron chi connectivity index (χ4n) is 18.0. The Morgan fingerprint density at radius 2 is 0.458 bits per heavy atom. The molecule has 0 spiro atoms. The standard InChI is InChI=1S/C94H84N2/c1-89(2,3)87-75-47-39-62(96(64-36-44-72-68-30-22-24-32-80(68)92(9,10)84(72)54-64)66-38-46-74-70-42-34-60(58-27-19-16-20-28-58)50-82(70)94(13,14)86(74)56-66)52-78(75)88(90(4,5)6)76-48-40-61(51-77(76)87)95(63-35-43-71-67-29-21-23-31-79(67)91(7,8)83(71)53-63)65-37-45-73-69-41-33-59(57-25-17-15-18-26-57)49-81(69)93(11,12)85(73)55-65/h15-56H,1-14H3. The Bertz CT molecular complexity index is 5090. The minimum absolute atomic E-state index is 0.178. The van der Waals surface area contributed by atoms with E-state index in [2.05, 4.69) is 362 Å². The van der Waals surface area contributed by atoms with Crippen LogP contribution in [-0.2, 0) is 32.5 Å². The summed E-state index contributed by atoms with van der Waals surface area (Å²) in [6, 6.07) is 98.0. The van der Waals surface area contributed by atoms with Crippen LogP contribution >= 0.6 is 0 Å². The van der Waals surface area contributed by atoms with Crippen LogP contribution in [0.3, 0.4) is 0 Å². The molecule has 13 aromatic rings. The highest BCUT2D eigenvalue weighted by atomic mass is 15.1. The molecule has 13 aromatic carbocycles. The van der Waals surface area contributed by atoms with Crippen LogP contribution < -0.4 is 9.80 Å². The first kappa shape index (κ1) is 59.7. The second-order valence-electron chi connectivity index (χ2n) is 32.1. The van der Waals surface area contributed by atoms with Crippen molar-refractivity contribution in [2.45, 2.75) is 129 Å². The summed E-state index contributed by atoms with van der Waals surface area (Å²) in [5.41, 5.74) is 34.7. The Morgan fingerprint density at radius 1 is 0.208 bits per heavy atom. The predicted octanol–water partition coefficient (Wildman–Crippen LogP) is 26.1. The van der Waals surface area contributed by atoms with Gasteiger partial charge in [0.15, 0.2) is 0 Å². The molecule has 2 nitrogen and oxygen atoms in total. The monoisotopic (exact) mass is 1240 g/mol. The smallest absolute Gasteiger partial charge is 0.0468 e. The van der Waals surface area contributed by atoms with Gasteiger partial charge < -0.3 is 9.80 Å². The molecule has 2 heteroatoms. The minimum Gasteiger partial charge on any atom is -0.310 e. The molecule has 0 radical (unpaired) electrons. The minimum atomic E-state index is -0.246. The summed E-state index contributed by atoms with van der Waals surface area (Å²) >= 11 is 0. The summed E-state index contributed by atoms with van der Waals surface area (Å²) in [5, 5.41) is 5.17. The van der Waals surface area contributed by atoms with Crippen molar-refractivity contribution in [3.8, 4) is 66.8 Å². The van der Waals surface area contributed by atoms with Crippen molar-refractivity contribution in [3.05, 3.63) is 310 Å². The highest BCUT2D eigenvalue weighted by Gasteiger charge is 2.42. The molecule has 0 bridgehead atoms. The molecular formula is C94H84N2. The number of benzene rings is 13. The van der Waals surface area contributed by atoms with E-state index in [1.807, 2.05) is 0 Å². The van der Waals surface area contributed by atoms with Gasteiger partial charge in [0.25, 0.3) is 0 Å². The molecule has 0 N–H and O–H groups in total. The van der Waals surface area contributed by atoms with Gasteiger partial charge in [0.05, 0.1) is 0 Å². The van der Waals surface area contributed by atoms with Gasteiger partial charge in [-0.05, 0) is 240 Å². The quantitative estimate of drug-likeness (QED) is 0.140. The maximum Gasteiger partial charge on any atom is 0.0468 e. The van der Waals surface area contributed by atoms with Crippen LogP contribution in [0.5, 0.6) is 0 Å². The lowest BCUT2D eigenvalue weighted by atomic mass is 9.74. The molecule has 4 aliphatic carbocycles. The van der Waals surface area contributed by atoms with E-state index in [0.29, 0.717) is 0 Å². The van der Waals surface area contributed by atoms with E-state index < -0.39 is 0 Å². The van der Waals surface area contributed by atoms with Crippen molar-refractivity contribution in [1.29, 1.82) is 0 Å². The average Bonchev–Trinajstić information content (AvgIpc) is 0.765. The summed E-state index contributed by atoms with van der Waals surface area (Å²) in [5.74, 6) is 0. The van der Waals surface area contributed by atoms with E-state index in [4.69, 9.17) is 0 Å². The zero-order valence-electron chi connectivity index (χ0n) is 58.1. The number of hydrogen-bond acceptors (Lipinski definition) is 2. The van der Waals surface area contributed by atoms with E-state index in [0.717, 1.165) is 34.1 Å². The maximum atomic E-state index is 2.57. The van der Waals surface area contributed by atoms with Gasteiger partial charge in [-0.3, -0.25) is 0 Å². The van der Waals surface area contributed by atoms with Crippen LogP contribution in [0.4, 0.5) is 34.1 Å². The normalized spacial score (nSPS) is 15.3. The Balaban J connectivity index is 0.858. The Hall–Kier alpha value is -10.0. The summed E-state index contributed by atoms with van der Waals surface area (Å²) < 4.78 is 0. The molecule has 96 heavy (non-hydrogen) atoms. The summed E-state index contributed by atoms with van der Waals surface area (Å²) in [4.78, 5) is 5.13. The zero-order chi connectivity index (χ0) is 66.3. The van der Waals surface area contributed by atoms with Crippen molar-refractivity contribution in [1.82, 2.24) is 0 Å². The average molecular weight is 1240 g/mol. The maximum absolute atomic E-state index is 2.57. The number of fused-ring (bicyclic) bond motifs is 14. The van der Waals surface area contributed by atoms with Gasteiger partial charge >= 0.3 is 0 Å². The second kappa shape index (κ2) is 20.7. The zero-order valence-corrected chi connectivity index (χ0v) is 58.1. The molecule has 0 saturated heterocycles. The van der Waals surface area contributed by atoms with Gasteiger partial charge in [-0.2, -0.15) is 0 Å². The summed E-state index contributed by atoms with van der Waals surface area (Å²) in [6.07, 6.45) is 0. The molecule has 470 valence electrons.